The van der Waals surface area contributed by atoms with E-state index in [1.54, 1.807) is 24.4 Å². The number of benzene rings is 1. The fourth-order valence-corrected chi connectivity index (χ4v) is 2.21. The summed E-state index contributed by atoms with van der Waals surface area (Å²) in [7, 11) is 0. The van der Waals surface area contributed by atoms with E-state index in [0.29, 0.717) is 5.56 Å². The second-order valence-corrected chi connectivity index (χ2v) is 5.34. The topological polar surface area (TPSA) is 70.6 Å². The Morgan fingerprint density at radius 1 is 1.29 bits per heavy atom. The second-order valence-electron chi connectivity index (χ2n) is 4.36. The highest BCUT2D eigenvalue weighted by Gasteiger charge is 2.07. The first-order valence-electron chi connectivity index (χ1n) is 6.35. The lowest BCUT2D eigenvalue weighted by Crippen LogP contribution is -2.34. The van der Waals surface area contributed by atoms with Gasteiger partial charge in [0.15, 0.2) is 0 Å². The lowest BCUT2D eigenvalue weighted by atomic mass is 10.1. The molecule has 0 bridgehead atoms. The molecule has 0 fully saturated rings. The number of carbonyl (C=O) groups is 2. The first-order valence-corrected chi connectivity index (χ1v) is 7.23. The number of thiophene rings is 1. The molecule has 2 amide bonds. The van der Waals surface area contributed by atoms with Crippen LogP contribution < -0.4 is 10.7 Å². The van der Waals surface area contributed by atoms with Crippen LogP contribution in [0.5, 0.6) is 0 Å². The zero-order valence-electron chi connectivity index (χ0n) is 11.5. The van der Waals surface area contributed by atoms with Gasteiger partial charge in [-0.05, 0) is 30.5 Å². The van der Waals surface area contributed by atoms with E-state index in [0.717, 1.165) is 10.4 Å². The highest BCUT2D eigenvalue weighted by atomic mass is 32.1. The Kier molecular flexibility index (Phi) is 5.22. The summed E-state index contributed by atoms with van der Waals surface area (Å²) in [6, 6.07) is 11.0. The summed E-state index contributed by atoms with van der Waals surface area (Å²) in [5.41, 5.74) is 3.89. The summed E-state index contributed by atoms with van der Waals surface area (Å²) in [4.78, 5) is 24.3. The van der Waals surface area contributed by atoms with Crippen LogP contribution >= 0.6 is 11.3 Å². The monoisotopic (exact) mass is 301 g/mol. The van der Waals surface area contributed by atoms with Crippen LogP contribution in [-0.2, 0) is 4.79 Å². The molecule has 1 aromatic carbocycles. The van der Waals surface area contributed by atoms with Crippen molar-refractivity contribution in [3.8, 4) is 0 Å². The van der Waals surface area contributed by atoms with Crippen LogP contribution in [-0.4, -0.2) is 24.6 Å². The van der Waals surface area contributed by atoms with Gasteiger partial charge in [0.2, 0.25) is 0 Å². The summed E-state index contributed by atoms with van der Waals surface area (Å²) in [6.45, 7) is 1.79. The van der Waals surface area contributed by atoms with Gasteiger partial charge in [-0.15, -0.1) is 11.3 Å². The molecule has 0 saturated carbocycles. The van der Waals surface area contributed by atoms with E-state index in [4.69, 9.17) is 0 Å². The molecule has 2 aromatic rings. The highest BCUT2D eigenvalue weighted by Crippen LogP contribution is 2.04. The molecule has 1 heterocycles. The van der Waals surface area contributed by atoms with E-state index in [2.05, 4.69) is 15.8 Å². The second kappa shape index (κ2) is 7.35. The molecule has 0 aliphatic carbocycles. The van der Waals surface area contributed by atoms with Crippen LogP contribution in [0.2, 0.25) is 0 Å². The minimum Gasteiger partial charge on any atom is -0.343 e. The molecule has 5 nitrogen and oxygen atoms in total. The van der Waals surface area contributed by atoms with Gasteiger partial charge in [-0.1, -0.05) is 23.8 Å². The third-order valence-electron chi connectivity index (χ3n) is 2.61. The first-order chi connectivity index (χ1) is 10.1. The molecule has 2 N–H and O–H groups in total. The molecule has 0 unspecified atom stereocenters. The number of hydrogen-bond donors (Lipinski definition) is 2. The van der Waals surface area contributed by atoms with Crippen molar-refractivity contribution in [3.63, 3.8) is 0 Å². The quantitative estimate of drug-likeness (QED) is 0.654. The van der Waals surface area contributed by atoms with Crippen molar-refractivity contribution in [3.05, 3.63) is 57.8 Å². The van der Waals surface area contributed by atoms with Gasteiger partial charge in [-0.25, -0.2) is 5.43 Å². The SMILES string of the molecule is Cc1cccc(C(=O)NCC(=O)N/N=C/c2cccs2)c1. The Morgan fingerprint density at radius 2 is 2.14 bits per heavy atom. The summed E-state index contributed by atoms with van der Waals surface area (Å²) < 4.78 is 0. The zero-order chi connectivity index (χ0) is 15.1. The summed E-state index contributed by atoms with van der Waals surface area (Å²) in [5, 5.41) is 8.28. The van der Waals surface area contributed by atoms with Crippen molar-refractivity contribution >= 4 is 29.4 Å². The Morgan fingerprint density at radius 3 is 2.86 bits per heavy atom. The molecule has 6 heteroatoms. The maximum Gasteiger partial charge on any atom is 0.259 e. The molecular formula is C15H15N3O2S. The molecule has 0 radical (unpaired) electrons. The van der Waals surface area contributed by atoms with E-state index < -0.39 is 0 Å². The zero-order valence-corrected chi connectivity index (χ0v) is 12.3. The van der Waals surface area contributed by atoms with Crippen molar-refractivity contribution in [2.75, 3.05) is 6.54 Å². The average Bonchev–Trinajstić information content (AvgIpc) is 2.98. The third-order valence-corrected chi connectivity index (χ3v) is 3.42. The molecule has 108 valence electrons. The standard InChI is InChI=1S/C15H15N3O2S/c1-11-4-2-5-12(8-11)15(20)16-10-14(19)18-17-9-13-6-3-7-21-13/h2-9H,10H2,1H3,(H,16,20)(H,18,19)/b17-9+. The van der Waals surface area contributed by atoms with Crippen molar-refractivity contribution < 1.29 is 9.59 Å². The summed E-state index contributed by atoms with van der Waals surface area (Å²) in [6.07, 6.45) is 1.56. The Labute approximate surface area is 126 Å². The van der Waals surface area contributed by atoms with Gasteiger partial charge in [0.25, 0.3) is 11.8 Å². The maximum atomic E-state index is 11.8. The molecule has 21 heavy (non-hydrogen) atoms. The van der Waals surface area contributed by atoms with Crippen LogP contribution in [0.4, 0.5) is 0 Å². The normalized spacial score (nSPS) is 10.5. The molecule has 0 spiro atoms. The highest BCUT2D eigenvalue weighted by molar-refractivity contribution is 7.11. The molecular weight excluding hydrogens is 286 g/mol. The number of amides is 2. The largest absolute Gasteiger partial charge is 0.343 e. The average molecular weight is 301 g/mol. The molecule has 0 aliphatic heterocycles. The molecule has 0 atom stereocenters. The van der Waals surface area contributed by atoms with Crippen molar-refractivity contribution in [2.45, 2.75) is 6.92 Å². The van der Waals surface area contributed by atoms with Gasteiger partial charge in [0, 0.05) is 10.4 Å². The fraction of sp³-hybridized carbons (Fsp3) is 0.133. The van der Waals surface area contributed by atoms with E-state index in [1.165, 1.54) is 11.3 Å². The lowest BCUT2D eigenvalue weighted by Gasteiger charge is -2.04. The Bertz CT molecular complexity index is 651. The molecule has 2 rings (SSSR count). The minimum atomic E-state index is -0.371. The Hall–Kier alpha value is -2.47. The van der Waals surface area contributed by atoms with Crippen LogP contribution in [0.25, 0.3) is 0 Å². The van der Waals surface area contributed by atoms with E-state index >= 15 is 0 Å². The maximum absolute atomic E-state index is 11.8. The first kappa shape index (κ1) is 14.9. The van der Waals surface area contributed by atoms with E-state index in [-0.39, 0.29) is 18.4 Å². The van der Waals surface area contributed by atoms with Gasteiger partial charge >= 0.3 is 0 Å². The van der Waals surface area contributed by atoms with Gasteiger partial charge in [-0.2, -0.15) is 5.10 Å². The predicted octanol–water partition coefficient (Wildman–Crippen LogP) is 1.94. The summed E-state index contributed by atoms with van der Waals surface area (Å²) >= 11 is 1.52. The van der Waals surface area contributed by atoms with Crippen molar-refractivity contribution in [1.82, 2.24) is 10.7 Å². The minimum absolute atomic E-state index is 0.117. The molecule has 0 saturated heterocycles. The third kappa shape index (κ3) is 4.85. The smallest absolute Gasteiger partial charge is 0.259 e. The summed E-state index contributed by atoms with van der Waals surface area (Å²) in [5.74, 6) is -0.653. The number of aryl methyl sites for hydroxylation is 1. The van der Waals surface area contributed by atoms with E-state index in [1.807, 2.05) is 30.5 Å². The number of rotatable bonds is 5. The predicted molar refractivity (Wildman–Crippen MR) is 83.6 cm³/mol. The molecule has 1 aromatic heterocycles. The van der Waals surface area contributed by atoms with Gasteiger partial charge in [0.1, 0.15) is 0 Å². The van der Waals surface area contributed by atoms with Crippen molar-refractivity contribution in [2.24, 2.45) is 5.10 Å². The van der Waals surface area contributed by atoms with Gasteiger partial charge in [-0.3, -0.25) is 9.59 Å². The van der Waals surface area contributed by atoms with E-state index in [9.17, 15) is 9.59 Å². The van der Waals surface area contributed by atoms with Crippen LogP contribution in [0.3, 0.4) is 0 Å². The van der Waals surface area contributed by atoms with Gasteiger partial charge in [0.05, 0.1) is 12.8 Å². The number of nitrogens with one attached hydrogen (secondary N) is 2. The number of hydrogen-bond acceptors (Lipinski definition) is 4. The van der Waals surface area contributed by atoms with Gasteiger partial charge < -0.3 is 5.32 Å². The lowest BCUT2D eigenvalue weighted by molar-refractivity contribution is -0.120. The van der Waals surface area contributed by atoms with Crippen molar-refractivity contribution in [1.29, 1.82) is 0 Å². The Balaban J connectivity index is 1.77. The number of nitrogens with zero attached hydrogens (tertiary/aromatic N) is 1. The number of hydrazone groups is 1. The van der Waals surface area contributed by atoms with Crippen LogP contribution in [0.1, 0.15) is 20.8 Å². The molecule has 0 aliphatic rings. The van der Waals surface area contributed by atoms with Crippen LogP contribution in [0, 0.1) is 6.92 Å². The fourth-order valence-electron chi connectivity index (χ4n) is 1.62. The number of carbonyl (C=O) groups excluding carboxylic acids is 2. The van der Waals surface area contributed by atoms with Crippen LogP contribution in [0.15, 0.2) is 46.9 Å².